The van der Waals surface area contributed by atoms with E-state index in [1.54, 1.807) is 0 Å². The highest BCUT2D eigenvalue weighted by Gasteiger charge is 2.25. The molecule has 1 aliphatic rings. The second-order valence-corrected chi connectivity index (χ2v) is 6.29. The molecule has 1 aromatic rings. The van der Waals surface area contributed by atoms with Gasteiger partial charge in [0.25, 0.3) is 0 Å². The van der Waals surface area contributed by atoms with Crippen molar-refractivity contribution in [2.75, 3.05) is 19.6 Å². The van der Waals surface area contributed by atoms with E-state index in [0.717, 1.165) is 31.6 Å². The first-order valence-electron chi connectivity index (χ1n) is 8.68. The minimum atomic E-state index is 0.727. The predicted octanol–water partition coefficient (Wildman–Crippen LogP) is 3.46. The molecule has 21 heavy (non-hydrogen) atoms. The van der Waals surface area contributed by atoms with Gasteiger partial charge in [0.2, 0.25) is 0 Å². The lowest BCUT2D eigenvalue weighted by Crippen LogP contribution is -2.44. The fourth-order valence-corrected chi connectivity index (χ4v) is 3.41. The normalized spacial score (nSPS) is 22.6. The van der Waals surface area contributed by atoms with Crippen molar-refractivity contribution in [3.63, 3.8) is 0 Å². The Labute approximate surface area is 130 Å². The molecule has 0 bridgehead atoms. The fraction of sp³-hybridized carbons (Fsp3) is 0.722. The van der Waals surface area contributed by atoms with Crippen LogP contribution in [0.5, 0.6) is 0 Å². The summed E-state index contributed by atoms with van der Waals surface area (Å²) >= 11 is 0. The zero-order valence-electron chi connectivity index (χ0n) is 13.7. The first-order chi connectivity index (χ1) is 10.3. The van der Waals surface area contributed by atoms with Gasteiger partial charge >= 0.3 is 0 Å². The molecule has 0 amide bonds. The molecule has 2 unspecified atom stereocenters. The van der Waals surface area contributed by atoms with Crippen LogP contribution in [0, 0.1) is 5.92 Å². The molecule has 0 saturated heterocycles. The summed E-state index contributed by atoms with van der Waals surface area (Å²) in [5.41, 5.74) is 1.38. The predicted molar refractivity (Wildman–Crippen MR) is 89.2 cm³/mol. The first kappa shape index (κ1) is 16.4. The average Bonchev–Trinajstić information content (AvgIpc) is 2.54. The van der Waals surface area contributed by atoms with E-state index < -0.39 is 0 Å². The van der Waals surface area contributed by atoms with E-state index in [1.807, 2.05) is 12.4 Å². The van der Waals surface area contributed by atoms with E-state index in [9.17, 15) is 0 Å². The van der Waals surface area contributed by atoms with Gasteiger partial charge in [0.15, 0.2) is 0 Å². The molecule has 118 valence electrons. The van der Waals surface area contributed by atoms with Crippen LogP contribution in [0.25, 0.3) is 0 Å². The van der Waals surface area contributed by atoms with Crippen molar-refractivity contribution in [3.8, 4) is 0 Å². The summed E-state index contributed by atoms with van der Waals surface area (Å²) in [5.74, 6) is 0.812. The van der Waals surface area contributed by atoms with Gasteiger partial charge in [-0.15, -0.1) is 0 Å². The van der Waals surface area contributed by atoms with Gasteiger partial charge in [-0.1, -0.05) is 26.7 Å². The van der Waals surface area contributed by atoms with Gasteiger partial charge in [-0.25, -0.2) is 0 Å². The van der Waals surface area contributed by atoms with Crippen LogP contribution in [-0.2, 0) is 6.54 Å². The molecule has 0 aromatic carbocycles. The van der Waals surface area contributed by atoms with Gasteiger partial charge in [-0.05, 0) is 56.0 Å². The molecular formula is C18H31N3. The molecule has 0 radical (unpaired) electrons. The van der Waals surface area contributed by atoms with E-state index in [4.69, 9.17) is 0 Å². The Morgan fingerprint density at radius 2 is 1.95 bits per heavy atom. The summed E-state index contributed by atoms with van der Waals surface area (Å²) in [6, 6.07) is 5.00. The van der Waals surface area contributed by atoms with Crippen LogP contribution in [0.4, 0.5) is 0 Å². The van der Waals surface area contributed by atoms with Crippen LogP contribution in [0.2, 0.25) is 0 Å². The Hall–Kier alpha value is -0.930. The fourth-order valence-electron chi connectivity index (χ4n) is 3.41. The number of nitrogens with one attached hydrogen (secondary N) is 1. The minimum Gasteiger partial charge on any atom is -0.314 e. The lowest BCUT2D eigenvalue weighted by Gasteiger charge is -2.36. The van der Waals surface area contributed by atoms with Crippen molar-refractivity contribution in [2.24, 2.45) is 5.92 Å². The van der Waals surface area contributed by atoms with Crippen LogP contribution in [-0.4, -0.2) is 35.6 Å². The quantitative estimate of drug-likeness (QED) is 0.794. The van der Waals surface area contributed by atoms with Crippen molar-refractivity contribution >= 4 is 0 Å². The van der Waals surface area contributed by atoms with E-state index >= 15 is 0 Å². The monoisotopic (exact) mass is 289 g/mol. The van der Waals surface area contributed by atoms with Crippen molar-refractivity contribution in [1.82, 2.24) is 15.2 Å². The number of hydrogen-bond donors (Lipinski definition) is 1. The maximum Gasteiger partial charge on any atom is 0.0271 e. The number of hydrogen-bond acceptors (Lipinski definition) is 3. The summed E-state index contributed by atoms with van der Waals surface area (Å²) in [6.07, 6.45) is 10.6. The third-order valence-electron chi connectivity index (χ3n) is 4.66. The lowest BCUT2D eigenvalue weighted by molar-refractivity contribution is 0.167. The Morgan fingerprint density at radius 3 is 2.67 bits per heavy atom. The zero-order chi connectivity index (χ0) is 14.9. The Morgan fingerprint density at radius 1 is 1.19 bits per heavy atom. The van der Waals surface area contributed by atoms with E-state index in [0.29, 0.717) is 0 Å². The first-order valence-corrected chi connectivity index (χ1v) is 8.68. The van der Waals surface area contributed by atoms with Gasteiger partial charge < -0.3 is 5.32 Å². The van der Waals surface area contributed by atoms with Crippen LogP contribution in [0.3, 0.4) is 0 Å². The minimum absolute atomic E-state index is 0.727. The summed E-state index contributed by atoms with van der Waals surface area (Å²) in [5, 5.41) is 3.78. The van der Waals surface area contributed by atoms with E-state index in [1.165, 1.54) is 44.2 Å². The number of rotatable bonds is 8. The Kier molecular flexibility index (Phi) is 7.17. The van der Waals surface area contributed by atoms with Gasteiger partial charge in [0, 0.05) is 31.5 Å². The van der Waals surface area contributed by atoms with E-state index in [-0.39, 0.29) is 0 Å². The molecule has 0 aliphatic heterocycles. The van der Waals surface area contributed by atoms with Crippen molar-refractivity contribution in [3.05, 3.63) is 30.1 Å². The van der Waals surface area contributed by atoms with Gasteiger partial charge in [0.1, 0.15) is 0 Å². The molecule has 3 nitrogen and oxygen atoms in total. The third-order valence-corrected chi connectivity index (χ3v) is 4.66. The highest BCUT2D eigenvalue weighted by Crippen LogP contribution is 2.25. The van der Waals surface area contributed by atoms with Crippen LogP contribution in [0.1, 0.15) is 51.5 Å². The maximum absolute atomic E-state index is 4.11. The SMILES string of the molecule is CCCNC1CCCCC1CN(CC)Cc1ccncc1. The summed E-state index contributed by atoms with van der Waals surface area (Å²) < 4.78 is 0. The molecule has 1 fully saturated rings. The van der Waals surface area contributed by atoms with Crippen molar-refractivity contribution in [1.29, 1.82) is 0 Å². The van der Waals surface area contributed by atoms with Crippen molar-refractivity contribution < 1.29 is 0 Å². The van der Waals surface area contributed by atoms with Crippen LogP contribution >= 0.6 is 0 Å². The van der Waals surface area contributed by atoms with Crippen LogP contribution in [0.15, 0.2) is 24.5 Å². The average molecular weight is 289 g/mol. The second-order valence-electron chi connectivity index (χ2n) is 6.29. The molecule has 1 saturated carbocycles. The molecule has 2 rings (SSSR count). The van der Waals surface area contributed by atoms with Crippen molar-refractivity contribution in [2.45, 2.75) is 58.5 Å². The van der Waals surface area contributed by atoms with Gasteiger partial charge in [-0.2, -0.15) is 0 Å². The smallest absolute Gasteiger partial charge is 0.0271 e. The largest absolute Gasteiger partial charge is 0.314 e. The van der Waals surface area contributed by atoms with Gasteiger partial charge in [0.05, 0.1) is 0 Å². The second kappa shape index (κ2) is 9.16. The summed E-state index contributed by atoms with van der Waals surface area (Å²) in [6.45, 7) is 9.10. The topological polar surface area (TPSA) is 28.2 Å². The molecule has 1 N–H and O–H groups in total. The molecule has 1 aliphatic carbocycles. The Bertz CT molecular complexity index is 379. The van der Waals surface area contributed by atoms with Gasteiger partial charge in [-0.3, -0.25) is 9.88 Å². The molecule has 0 spiro atoms. The Balaban J connectivity index is 1.89. The summed E-state index contributed by atoms with van der Waals surface area (Å²) in [7, 11) is 0. The lowest BCUT2D eigenvalue weighted by atomic mass is 9.84. The maximum atomic E-state index is 4.11. The summed E-state index contributed by atoms with van der Waals surface area (Å²) in [4.78, 5) is 6.70. The van der Waals surface area contributed by atoms with E-state index in [2.05, 4.69) is 41.2 Å². The molecule has 3 heteroatoms. The third kappa shape index (κ3) is 5.40. The zero-order valence-corrected chi connectivity index (χ0v) is 13.7. The number of aromatic nitrogens is 1. The standard InChI is InChI=1S/C18H31N3/c1-3-11-20-18-8-6-5-7-17(18)15-21(4-2)14-16-9-12-19-13-10-16/h9-10,12-13,17-18,20H,3-8,11,14-15H2,1-2H3. The molecule has 1 heterocycles. The molecule has 1 aromatic heterocycles. The highest BCUT2D eigenvalue weighted by atomic mass is 15.1. The molecular weight excluding hydrogens is 258 g/mol. The molecule has 2 atom stereocenters. The number of nitrogens with zero attached hydrogens (tertiary/aromatic N) is 2. The van der Waals surface area contributed by atoms with Crippen LogP contribution < -0.4 is 5.32 Å². The highest BCUT2D eigenvalue weighted by molar-refractivity contribution is 5.09. The number of pyridine rings is 1.